The number of hydrogen-bond acceptors (Lipinski definition) is 7. The Hall–Kier alpha value is -4.34. The van der Waals surface area contributed by atoms with Crippen LogP contribution in [0.4, 0.5) is 10.1 Å². The number of methoxy groups -OCH3 is 3. The van der Waals surface area contributed by atoms with Crippen LogP contribution in [0.1, 0.15) is 29.8 Å². The molecule has 0 N–H and O–H groups in total. The molecule has 0 radical (unpaired) electrons. The number of halogens is 1. The number of piperazine rings is 1. The average Bonchev–Trinajstić information content (AvgIpc) is 2.95. The second-order valence-corrected chi connectivity index (χ2v) is 9.13. The first-order valence-electron chi connectivity index (χ1n) is 12.6. The van der Waals surface area contributed by atoms with Gasteiger partial charge in [-0.2, -0.15) is 0 Å². The van der Waals surface area contributed by atoms with Gasteiger partial charge in [-0.1, -0.05) is 6.08 Å². The summed E-state index contributed by atoms with van der Waals surface area (Å²) >= 11 is 0. The third kappa shape index (κ3) is 5.45. The van der Waals surface area contributed by atoms with Crippen LogP contribution in [-0.2, 0) is 11.3 Å². The van der Waals surface area contributed by atoms with E-state index in [1.54, 1.807) is 33.7 Å². The summed E-state index contributed by atoms with van der Waals surface area (Å²) in [6, 6.07) is 6.22. The molecule has 0 atom stereocenters. The number of aryl methyl sites for hydroxylation is 1. The summed E-state index contributed by atoms with van der Waals surface area (Å²) in [5.74, 6) is 0.212. The van der Waals surface area contributed by atoms with Crippen molar-refractivity contribution in [1.82, 2.24) is 9.47 Å². The molecule has 0 bridgehead atoms. The van der Waals surface area contributed by atoms with Crippen LogP contribution in [-0.4, -0.2) is 68.7 Å². The van der Waals surface area contributed by atoms with Crippen molar-refractivity contribution in [3.8, 4) is 17.2 Å². The van der Waals surface area contributed by atoms with Crippen LogP contribution in [0, 0.1) is 5.82 Å². The maximum Gasteiger partial charge on any atom is 0.219 e. The fourth-order valence-corrected chi connectivity index (χ4v) is 4.80. The van der Waals surface area contributed by atoms with Gasteiger partial charge in [0.1, 0.15) is 5.82 Å². The molecule has 1 fully saturated rings. The van der Waals surface area contributed by atoms with Crippen molar-refractivity contribution in [2.45, 2.75) is 20.4 Å². The van der Waals surface area contributed by atoms with E-state index < -0.39 is 17.0 Å². The van der Waals surface area contributed by atoms with E-state index in [0.29, 0.717) is 66.7 Å². The molecule has 1 amide bonds. The lowest BCUT2D eigenvalue weighted by Crippen LogP contribution is -2.48. The van der Waals surface area contributed by atoms with Crippen molar-refractivity contribution in [2.24, 2.45) is 0 Å². The molecule has 3 aromatic rings. The maximum atomic E-state index is 15.3. The number of carbonyl (C=O) groups excluding carboxylic acids is 2. The summed E-state index contributed by atoms with van der Waals surface area (Å²) < 4.78 is 33.1. The number of aromatic nitrogens is 1. The van der Waals surface area contributed by atoms with E-state index in [1.165, 1.54) is 46.6 Å². The number of anilines is 1. The molecule has 206 valence electrons. The van der Waals surface area contributed by atoms with E-state index in [1.807, 2.05) is 11.8 Å². The van der Waals surface area contributed by atoms with Crippen molar-refractivity contribution in [1.29, 1.82) is 0 Å². The fraction of sp³-hybridized carbons (Fsp3) is 0.345. The topological polar surface area (TPSA) is 90.3 Å². The van der Waals surface area contributed by atoms with Crippen LogP contribution in [0.5, 0.6) is 17.2 Å². The second-order valence-electron chi connectivity index (χ2n) is 9.13. The van der Waals surface area contributed by atoms with Gasteiger partial charge in [0.05, 0.1) is 38.1 Å². The van der Waals surface area contributed by atoms with Gasteiger partial charge in [0, 0.05) is 51.2 Å². The van der Waals surface area contributed by atoms with Gasteiger partial charge in [-0.25, -0.2) is 4.39 Å². The number of carbonyl (C=O) groups is 2. The Bertz CT molecular complexity index is 1480. The van der Waals surface area contributed by atoms with Gasteiger partial charge in [-0.15, -0.1) is 0 Å². The monoisotopic (exact) mass is 537 g/mol. The predicted octanol–water partition coefficient (Wildman–Crippen LogP) is 3.75. The highest BCUT2D eigenvalue weighted by Crippen LogP contribution is 2.38. The molecule has 9 nitrogen and oxygen atoms in total. The van der Waals surface area contributed by atoms with Crippen molar-refractivity contribution < 1.29 is 28.2 Å². The van der Waals surface area contributed by atoms with Crippen molar-refractivity contribution in [3.05, 3.63) is 63.7 Å². The van der Waals surface area contributed by atoms with Gasteiger partial charge in [0.25, 0.3) is 0 Å². The molecule has 0 unspecified atom stereocenters. The quantitative estimate of drug-likeness (QED) is 0.319. The van der Waals surface area contributed by atoms with Crippen LogP contribution in [0.15, 0.2) is 41.3 Å². The number of amides is 1. The Kier molecular flexibility index (Phi) is 8.23. The molecule has 1 saturated heterocycles. The first kappa shape index (κ1) is 27.7. The highest BCUT2D eigenvalue weighted by Gasteiger charge is 2.23. The first-order valence-corrected chi connectivity index (χ1v) is 12.6. The first-order chi connectivity index (χ1) is 18.7. The molecule has 1 aromatic heterocycles. The Labute approximate surface area is 226 Å². The van der Waals surface area contributed by atoms with Crippen molar-refractivity contribution in [3.63, 3.8) is 0 Å². The standard InChI is InChI=1S/C29H32FN3O6/c1-6-31-17-21(25(35)8-7-19-13-26(37-3)29(39-5)27(14-19)38-4)28(36)20-15-22(30)24(16-23(20)31)33-11-9-32(10-12-33)18(2)34/h7-8,13-17H,6,9-12H2,1-5H3/b8-7+. The zero-order valence-electron chi connectivity index (χ0n) is 22.7. The van der Waals surface area contributed by atoms with Gasteiger partial charge >= 0.3 is 0 Å². The van der Waals surface area contributed by atoms with E-state index in [0.717, 1.165) is 0 Å². The van der Waals surface area contributed by atoms with Crippen LogP contribution in [0.3, 0.4) is 0 Å². The normalized spacial score (nSPS) is 13.7. The number of ether oxygens (including phenoxy) is 3. The molecule has 1 aliphatic rings. The number of rotatable bonds is 8. The van der Waals surface area contributed by atoms with Crippen LogP contribution < -0.4 is 24.5 Å². The molecule has 0 saturated carbocycles. The Morgan fingerprint density at radius 1 is 0.974 bits per heavy atom. The summed E-state index contributed by atoms with van der Waals surface area (Å²) in [5, 5.41) is 0.132. The maximum absolute atomic E-state index is 15.3. The van der Waals surface area contributed by atoms with E-state index in [4.69, 9.17) is 14.2 Å². The molecule has 2 heterocycles. The Morgan fingerprint density at radius 2 is 1.62 bits per heavy atom. The van der Waals surface area contributed by atoms with Crippen molar-refractivity contribution >= 4 is 34.4 Å². The highest BCUT2D eigenvalue weighted by atomic mass is 19.1. The molecule has 4 rings (SSSR count). The van der Waals surface area contributed by atoms with E-state index >= 15 is 4.39 Å². The fourth-order valence-electron chi connectivity index (χ4n) is 4.80. The summed E-state index contributed by atoms with van der Waals surface area (Å²) in [7, 11) is 4.49. The molecule has 39 heavy (non-hydrogen) atoms. The van der Waals surface area contributed by atoms with Crippen LogP contribution in [0.25, 0.3) is 17.0 Å². The predicted molar refractivity (Wildman–Crippen MR) is 148 cm³/mol. The van der Waals surface area contributed by atoms with E-state index in [9.17, 15) is 14.4 Å². The van der Waals surface area contributed by atoms with Crippen LogP contribution >= 0.6 is 0 Å². The summed E-state index contributed by atoms with van der Waals surface area (Å²) in [5.41, 5.74) is 0.915. The summed E-state index contributed by atoms with van der Waals surface area (Å²) in [6.45, 7) is 5.85. The van der Waals surface area contributed by atoms with E-state index in [2.05, 4.69) is 0 Å². The minimum Gasteiger partial charge on any atom is -0.493 e. The lowest BCUT2D eigenvalue weighted by atomic mass is 10.1. The lowest BCUT2D eigenvalue weighted by Gasteiger charge is -2.36. The van der Waals surface area contributed by atoms with Gasteiger partial charge in [-0.3, -0.25) is 14.4 Å². The summed E-state index contributed by atoms with van der Waals surface area (Å²) in [6.07, 6.45) is 4.36. The molecular weight excluding hydrogens is 505 g/mol. The zero-order valence-corrected chi connectivity index (χ0v) is 22.7. The molecule has 1 aliphatic heterocycles. The molecule has 10 heteroatoms. The molecule has 0 spiro atoms. The highest BCUT2D eigenvalue weighted by molar-refractivity contribution is 6.08. The number of ketones is 1. The van der Waals surface area contributed by atoms with Crippen molar-refractivity contribution in [2.75, 3.05) is 52.4 Å². The Balaban J connectivity index is 1.69. The number of hydrogen-bond donors (Lipinski definition) is 0. The number of benzene rings is 2. The Morgan fingerprint density at radius 3 is 2.15 bits per heavy atom. The molecule has 0 aliphatic carbocycles. The SMILES string of the molecule is CCn1cc(C(=O)/C=C/c2cc(OC)c(OC)c(OC)c2)c(=O)c2cc(F)c(N3CCN(C(C)=O)CC3)cc21. The zero-order chi connectivity index (χ0) is 28.3. The lowest BCUT2D eigenvalue weighted by molar-refractivity contribution is -0.129. The largest absolute Gasteiger partial charge is 0.493 e. The third-order valence-electron chi connectivity index (χ3n) is 6.93. The molecular formula is C29H32FN3O6. The minimum atomic E-state index is -0.545. The number of fused-ring (bicyclic) bond motifs is 1. The van der Waals surface area contributed by atoms with Crippen LogP contribution in [0.2, 0.25) is 0 Å². The number of nitrogens with zero attached hydrogens (tertiary/aromatic N) is 3. The average molecular weight is 538 g/mol. The molecule has 2 aromatic carbocycles. The van der Waals surface area contributed by atoms with Gasteiger partial charge < -0.3 is 28.6 Å². The van der Waals surface area contributed by atoms with E-state index in [-0.39, 0.29) is 16.9 Å². The number of pyridine rings is 1. The van der Waals surface area contributed by atoms with Gasteiger partial charge in [-0.05, 0) is 42.8 Å². The minimum absolute atomic E-state index is 0.00929. The second kappa shape index (κ2) is 11.6. The summed E-state index contributed by atoms with van der Waals surface area (Å²) in [4.78, 5) is 41.7. The smallest absolute Gasteiger partial charge is 0.219 e. The third-order valence-corrected chi connectivity index (χ3v) is 6.93. The van der Waals surface area contributed by atoms with Gasteiger partial charge in [0.15, 0.2) is 17.3 Å². The van der Waals surface area contributed by atoms with Gasteiger partial charge in [0.2, 0.25) is 17.1 Å². The number of allylic oxidation sites excluding steroid dienone is 1.